The average molecular weight is 365 g/mol. The molecule has 1 aromatic heterocycles. The van der Waals surface area contributed by atoms with Crippen molar-refractivity contribution in [3.8, 4) is 11.1 Å². The van der Waals surface area contributed by atoms with Crippen molar-refractivity contribution in [2.24, 2.45) is 5.92 Å². The monoisotopic (exact) mass is 365 g/mol. The number of nitrogens with zero attached hydrogens (tertiary/aromatic N) is 3. The Morgan fingerprint density at radius 3 is 2.93 bits per heavy atom. The molecule has 2 aliphatic rings. The lowest BCUT2D eigenvalue weighted by Crippen LogP contribution is -2.42. The molecule has 2 atom stereocenters. The lowest BCUT2D eigenvalue weighted by molar-refractivity contribution is -0.136. The molecule has 5 heteroatoms. The van der Waals surface area contributed by atoms with Crippen LogP contribution in [0, 0.1) is 19.8 Å². The Labute approximate surface area is 160 Å². The minimum absolute atomic E-state index is 0.0344. The van der Waals surface area contributed by atoms with E-state index in [-0.39, 0.29) is 17.7 Å². The van der Waals surface area contributed by atoms with Gasteiger partial charge in [0.05, 0.1) is 18.2 Å². The van der Waals surface area contributed by atoms with Crippen LogP contribution >= 0.6 is 0 Å². The normalized spacial score (nSPS) is 22.8. The summed E-state index contributed by atoms with van der Waals surface area (Å²) in [5, 5.41) is 0. The molecule has 2 saturated heterocycles. The Hall–Kier alpha value is -2.27. The number of ether oxygens (including phenoxy) is 1. The number of aromatic nitrogens is 2. The first-order valence-electron chi connectivity index (χ1n) is 9.89. The first-order valence-corrected chi connectivity index (χ1v) is 9.89. The fraction of sp³-hybridized carbons (Fsp3) is 0.500. The Kier molecular flexibility index (Phi) is 5.21. The van der Waals surface area contributed by atoms with Gasteiger partial charge in [0.15, 0.2) is 0 Å². The van der Waals surface area contributed by atoms with Gasteiger partial charge in [-0.1, -0.05) is 29.8 Å². The van der Waals surface area contributed by atoms with Crippen LogP contribution in [0.4, 0.5) is 0 Å². The predicted octanol–water partition coefficient (Wildman–Crippen LogP) is 3.50. The van der Waals surface area contributed by atoms with Gasteiger partial charge in [-0.3, -0.25) is 4.79 Å². The number of piperidine rings is 1. The van der Waals surface area contributed by atoms with Crippen molar-refractivity contribution in [3.05, 3.63) is 47.5 Å². The van der Waals surface area contributed by atoms with Crippen LogP contribution in [-0.4, -0.2) is 47.1 Å². The number of likely N-dealkylation sites (tertiary alicyclic amines) is 1. The molecule has 4 rings (SSSR count). The van der Waals surface area contributed by atoms with Crippen LogP contribution in [0.15, 0.2) is 30.5 Å². The first-order chi connectivity index (χ1) is 13.1. The van der Waals surface area contributed by atoms with E-state index in [2.05, 4.69) is 36.2 Å². The number of aryl methyl sites for hydroxylation is 2. The lowest BCUT2D eigenvalue weighted by Gasteiger charge is -2.34. The second-order valence-electron chi connectivity index (χ2n) is 7.77. The highest BCUT2D eigenvalue weighted by Gasteiger charge is 2.33. The molecular weight excluding hydrogens is 338 g/mol. The van der Waals surface area contributed by atoms with Gasteiger partial charge in [-0.2, -0.15) is 0 Å². The number of rotatable bonds is 3. The van der Waals surface area contributed by atoms with E-state index in [0.717, 1.165) is 55.0 Å². The molecule has 0 saturated carbocycles. The molecule has 0 bridgehead atoms. The number of benzene rings is 1. The maximum absolute atomic E-state index is 12.9. The van der Waals surface area contributed by atoms with Gasteiger partial charge in [0.2, 0.25) is 5.91 Å². The fourth-order valence-corrected chi connectivity index (χ4v) is 4.22. The van der Waals surface area contributed by atoms with Crippen LogP contribution in [0.5, 0.6) is 0 Å². The van der Waals surface area contributed by atoms with Gasteiger partial charge in [-0.25, -0.2) is 9.97 Å². The largest absolute Gasteiger partial charge is 0.381 e. The second-order valence-corrected chi connectivity index (χ2v) is 7.77. The van der Waals surface area contributed by atoms with E-state index < -0.39 is 0 Å². The molecule has 27 heavy (non-hydrogen) atoms. The number of hydrogen-bond acceptors (Lipinski definition) is 4. The molecule has 0 spiro atoms. The van der Waals surface area contributed by atoms with Gasteiger partial charge in [-0.15, -0.1) is 0 Å². The van der Waals surface area contributed by atoms with Gasteiger partial charge in [0.1, 0.15) is 5.82 Å². The molecule has 2 aromatic rings. The third-order valence-corrected chi connectivity index (χ3v) is 5.67. The van der Waals surface area contributed by atoms with Gasteiger partial charge in [-0.05, 0) is 38.7 Å². The molecule has 2 aliphatic heterocycles. The van der Waals surface area contributed by atoms with Crippen molar-refractivity contribution in [2.75, 3.05) is 26.3 Å². The van der Waals surface area contributed by atoms with Gasteiger partial charge in [0.25, 0.3) is 0 Å². The van der Waals surface area contributed by atoms with Crippen LogP contribution in [0.1, 0.15) is 42.3 Å². The van der Waals surface area contributed by atoms with Crippen molar-refractivity contribution in [3.63, 3.8) is 0 Å². The summed E-state index contributed by atoms with van der Waals surface area (Å²) in [6.45, 7) is 6.89. The van der Waals surface area contributed by atoms with E-state index in [1.807, 2.05) is 18.0 Å². The molecule has 0 radical (unpaired) electrons. The zero-order valence-electron chi connectivity index (χ0n) is 16.1. The van der Waals surface area contributed by atoms with E-state index in [4.69, 9.17) is 9.72 Å². The van der Waals surface area contributed by atoms with Gasteiger partial charge >= 0.3 is 0 Å². The standard InChI is InChI=1S/C22H27N3O2/c1-15-5-3-6-17(11-15)20-12-23-16(2)24-21(20)18-7-4-9-25(13-18)22(26)19-8-10-27-14-19/h3,5-6,11-12,18-19H,4,7-10,13-14H2,1-2H3/t18-,19-/m1/s1. The average Bonchev–Trinajstić information content (AvgIpc) is 3.22. The van der Waals surface area contributed by atoms with Crippen molar-refractivity contribution < 1.29 is 9.53 Å². The van der Waals surface area contributed by atoms with Crippen LogP contribution in [-0.2, 0) is 9.53 Å². The van der Waals surface area contributed by atoms with E-state index >= 15 is 0 Å². The Morgan fingerprint density at radius 2 is 2.15 bits per heavy atom. The minimum atomic E-state index is 0.0344. The Balaban J connectivity index is 1.62. The smallest absolute Gasteiger partial charge is 0.228 e. The minimum Gasteiger partial charge on any atom is -0.381 e. The number of hydrogen-bond donors (Lipinski definition) is 0. The third kappa shape index (κ3) is 3.88. The van der Waals surface area contributed by atoms with Crippen LogP contribution < -0.4 is 0 Å². The van der Waals surface area contributed by atoms with Crippen LogP contribution in [0.25, 0.3) is 11.1 Å². The summed E-state index contributed by atoms with van der Waals surface area (Å²) in [5.41, 5.74) is 4.54. The second kappa shape index (κ2) is 7.77. The molecule has 0 aliphatic carbocycles. The summed E-state index contributed by atoms with van der Waals surface area (Å²) in [5.74, 6) is 1.32. The van der Waals surface area contributed by atoms with Crippen molar-refractivity contribution in [1.82, 2.24) is 14.9 Å². The highest BCUT2D eigenvalue weighted by molar-refractivity contribution is 5.79. The summed E-state index contributed by atoms with van der Waals surface area (Å²) >= 11 is 0. The highest BCUT2D eigenvalue weighted by Crippen LogP contribution is 2.34. The summed E-state index contributed by atoms with van der Waals surface area (Å²) in [7, 11) is 0. The summed E-state index contributed by atoms with van der Waals surface area (Å²) < 4.78 is 5.42. The number of carbonyl (C=O) groups excluding carboxylic acids is 1. The molecule has 0 unspecified atom stereocenters. The van der Waals surface area contributed by atoms with Crippen LogP contribution in [0.2, 0.25) is 0 Å². The van der Waals surface area contributed by atoms with E-state index in [1.165, 1.54) is 5.56 Å². The first kappa shape index (κ1) is 18.1. The molecule has 2 fully saturated rings. The predicted molar refractivity (Wildman–Crippen MR) is 104 cm³/mol. The number of carbonyl (C=O) groups is 1. The molecular formula is C22H27N3O2. The fourth-order valence-electron chi connectivity index (χ4n) is 4.22. The Morgan fingerprint density at radius 1 is 1.26 bits per heavy atom. The van der Waals surface area contributed by atoms with E-state index in [0.29, 0.717) is 13.2 Å². The maximum Gasteiger partial charge on any atom is 0.228 e. The quantitative estimate of drug-likeness (QED) is 0.835. The molecule has 1 amide bonds. The highest BCUT2D eigenvalue weighted by atomic mass is 16.5. The van der Waals surface area contributed by atoms with E-state index in [1.54, 1.807) is 0 Å². The van der Waals surface area contributed by atoms with Crippen molar-refractivity contribution in [2.45, 2.75) is 39.0 Å². The zero-order valence-corrected chi connectivity index (χ0v) is 16.1. The topological polar surface area (TPSA) is 55.3 Å². The molecule has 1 aromatic carbocycles. The maximum atomic E-state index is 12.9. The summed E-state index contributed by atoms with van der Waals surface area (Å²) in [4.78, 5) is 24.2. The van der Waals surface area contributed by atoms with Crippen molar-refractivity contribution >= 4 is 5.91 Å². The summed E-state index contributed by atoms with van der Waals surface area (Å²) in [6, 6.07) is 8.47. The Bertz CT molecular complexity index is 830. The molecule has 0 N–H and O–H groups in total. The third-order valence-electron chi connectivity index (χ3n) is 5.67. The van der Waals surface area contributed by atoms with Gasteiger partial charge < -0.3 is 9.64 Å². The molecule has 5 nitrogen and oxygen atoms in total. The zero-order chi connectivity index (χ0) is 18.8. The SMILES string of the molecule is Cc1cccc(-c2cnc(C)nc2[C@@H]2CCCN(C(=O)[C@@H]3CCOC3)C2)c1. The lowest BCUT2D eigenvalue weighted by atomic mass is 9.89. The van der Waals surface area contributed by atoms with Crippen LogP contribution in [0.3, 0.4) is 0 Å². The van der Waals surface area contributed by atoms with Gasteiger partial charge in [0, 0.05) is 37.4 Å². The molecule has 3 heterocycles. The van der Waals surface area contributed by atoms with E-state index in [9.17, 15) is 4.79 Å². The number of amides is 1. The van der Waals surface area contributed by atoms with Crippen molar-refractivity contribution in [1.29, 1.82) is 0 Å². The summed E-state index contributed by atoms with van der Waals surface area (Å²) in [6.07, 6.45) is 4.86. The molecule has 142 valence electrons.